The van der Waals surface area contributed by atoms with Crippen molar-refractivity contribution in [2.24, 2.45) is 0 Å². The Morgan fingerprint density at radius 1 is 1.21 bits per heavy atom. The molecule has 4 nitrogen and oxygen atoms in total. The van der Waals surface area contributed by atoms with Crippen LogP contribution in [-0.2, 0) is 11.2 Å². The van der Waals surface area contributed by atoms with Gasteiger partial charge < -0.3 is 15.0 Å². The van der Waals surface area contributed by atoms with E-state index in [9.17, 15) is 4.79 Å². The molecule has 0 aliphatic heterocycles. The number of benzene rings is 2. The van der Waals surface area contributed by atoms with Gasteiger partial charge in [-0.2, -0.15) is 0 Å². The molecule has 2 N–H and O–H groups in total. The van der Waals surface area contributed by atoms with E-state index in [0.717, 1.165) is 27.9 Å². The van der Waals surface area contributed by atoms with Crippen molar-refractivity contribution >= 4 is 45.7 Å². The fraction of sp³-hybridized carbons (Fsp3) is 0.167. The predicted octanol–water partition coefficient (Wildman–Crippen LogP) is 4.97. The highest BCUT2D eigenvalue weighted by atomic mass is 35.5. The smallest absolute Gasteiger partial charge is 0.228 e. The molecule has 0 atom stereocenters. The molecular weight excluding hydrogens is 347 g/mol. The summed E-state index contributed by atoms with van der Waals surface area (Å²) < 4.78 is 5.27. The number of rotatable bonds is 4. The maximum atomic E-state index is 12.5. The first-order valence-electron chi connectivity index (χ1n) is 7.38. The highest BCUT2D eigenvalue weighted by molar-refractivity contribution is 6.39. The zero-order valence-electron chi connectivity index (χ0n) is 13.2. The van der Waals surface area contributed by atoms with E-state index in [1.165, 1.54) is 0 Å². The van der Waals surface area contributed by atoms with Crippen molar-refractivity contribution in [3.8, 4) is 5.75 Å². The fourth-order valence-corrected chi connectivity index (χ4v) is 3.17. The van der Waals surface area contributed by atoms with Gasteiger partial charge in [0.05, 0.1) is 29.3 Å². The minimum Gasteiger partial charge on any atom is -0.497 e. The van der Waals surface area contributed by atoms with E-state index in [-0.39, 0.29) is 12.3 Å². The molecule has 1 amide bonds. The SMILES string of the molecule is COc1ccc2[nH]c(C)c(CC(=O)Nc3c(Cl)cccc3Cl)c2c1. The first-order valence-corrected chi connectivity index (χ1v) is 8.14. The summed E-state index contributed by atoms with van der Waals surface area (Å²) in [5.41, 5.74) is 3.26. The Morgan fingerprint density at radius 2 is 1.92 bits per heavy atom. The van der Waals surface area contributed by atoms with Gasteiger partial charge in [0, 0.05) is 16.6 Å². The molecule has 3 rings (SSSR count). The summed E-state index contributed by atoms with van der Waals surface area (Å²) in [5, 5.41) is 4.58. The van der Waals surface area contributed by atoms with Gasteiger partial charge in [0.25, 0.3) is 0 Å². The maximum Gasteiger partial charge on any atom is 0.228 e. The van der Waals surface area contributed by atoms with Crippen molar-refractivity contribution in [2.75, 3.05) is 12.4 Å². The minimum absolute atomic E-state index is 0.184. The molecule has 0 radical (unpaired) electrons. The topological polar surface area (TPSA) is 54.1 Å². The number of fused-ring (bicyclic) bond motifs is 1. The van der Waals surface area contributed by atoms with Crippen molar-refractivity contribution in [3.63, 3.8) is 0 Å². The lowest BCUT2D eigenvalue weighted by Crippen LogP contribution is -2.15. The van der Waals surface area contributed by atoms with Crippen molar-refractivity contribution in [1.29, 1.82) is 0 Å². The van der Waals surface area contributed by atoms with Gasteiger partial charge in [-0.15, -0.1) is 0 Å². The number of carbonyl (C=O) groups is 1. The molecular formula is C18H16Cl2N2O2. The number of aryl methyl sites for hydroxylation is 1. The first kappa shape index (κ1) is 16.7. The Hall–Kier alpha value is -2.17. The molecule has 3 aromatic rings. The molecule has 0 aliphatic rings. The van der Waals surface area contributed by atoms with E-state index >= 15 is 0 Å². The van der Waals surface area contributed by atoms with Crippen LogP contribution in [0, 0.1) is 6.92 Å². The molecule has 0 saturated heterocycles. The number of para-hydroxylation sites is 1. The van der Waals surface area contributed by atoms with Gasteiger partial charge in [-0.3, -0.25) is 4.79 Å². The summed E-state index contributed by atoms with van der Waals surface area (Å²) in [7, 11) is 1.62. The molecule has 0 fully saturated rings. The summed E-state index contributed by atoms with van der Waals surface area (Å²) in [6, 6.07) is 10.8. The normalized spacial score (nSPS) is 10.8. The number of H-pyrrole nitrogens is 1. The van der Waals surface area contributed by atoms with Crippen LogP contribution in [0.5, 0.6) is 5.75 Å². The highest BCUT2D eigenvalue weighted by Crippen LogP contribution is 2.31. The van der Waals surface area contributed by atoms with Gasteiger partial charge in [-0.25, -0.2) is 0 Å². The number of hydrogen-bond acceptors (Lipinski definition) is 2. The van der Waals surface area contributed by atoms with E-state index in [1.54, 1.807) is 25.3 Å². The number of nitrogens with one attached hydrogen (secondary N) is 2. The quantitative estimate of drug-likeness (QED) is 0.687. The van der Waals surface area contributed by atoms with Gasteiger partial charge in [-0.05, 0) is 42.8 Å². The van der Waals surface area contributed by atoms with Crippen LogP contribution in [0.2, 0.25) is 10.0 Å². The zero-order chi connectivity index (χ0) is 17.3. The lowest BCUT2D eigenvalue weighted by molar-refractivity contribution is -0.115. The van der Waals surface area contributed by atoms with Gasteiger partial charge in [0.15, 0.2) is 0 Å². The Morgan fingerprint density at radius 3 is 2.58 bits per heavy atom. The van der Waals surface area contributed by atoms with Gasteiger partial charge >= 0.3 is 0 Å². The number of methoxy groups -OCH3 is 1. The Kier molecular flexibility index (Phi) is 4.69. The lowest BCUT2D eigenvalue weighted by atomic mass is 10.1. The second-order valence-electron chi connectivity index (χ2n) is 5.46. The van der Waals surface area contributed by atoms with Gasteiger partial charge in [-0.1, -0.05) is 29.3 Å². The van der Waals surface area contributed by atoms with E-state index in [4.69, 9.17) is 27.9 Å². The minimum atomic E-state index is -0.184. The zero-order valence-corrected chi connectivity index (χ0v) is 14.8. The summed E-state index contributed by atoms with van der Waals surface area (Å²) in [6.45, 7) is 1.94. The molecule has 2 aromatic carbocycles. The third-order valence-electron chi connectivity index (χ3n) is 3.89. The Bertz CT molecular complexity index is 899. The molecule has 0 bridgehead atoms. The molecule has 0 aliphatic carbocycles. The number of hydrogen-bond donors (Lipinski definition) is 2. The van der Waals surface area contributed by atoms with Crippen molar-refractivity contribution in [2.45, 2.75) is 13.3 Å². The Balaban J connectivity index is 1.89. The molecule has 0 spiro atoms. The average molecular weight is 363 g/mol. The van der Waals surface area contributed by atoms with E-state index in [0.29, 0.717) is 15.7 Å². The molecule has 0 unspecified atom stereocenters. The third kappa shape index (κ3) is 3.21. The Labute approximate surface area is 149 Å². The van der Waals surface area contributed by atoms with Crippen LogP contribution in [0.15, 0.2) is 36.4 Å². The molecule has 1 aromatic heterocycles. The van der Waals surface area contributed by atoms with Gasteiger partial charge in [0.2, 0.25) is 5.91 Å². The monoisotopic (exact) mass is 362 g/mol. The molecule has 6 heteroatoms. The largest absolute Gasteiger partial charge is 0.497 e. The first-order chi connectivity index (χ1) is 11.5. The van der Waals surface area contributed by atoms with Crippen molar-refractivity contribution < 1.29 is 9.53 Å². The number of anilines is 1. The van der Waals surface area contributed by atoms with E-state index in [1.807, 2.05) is 25.1 Å². The number of amides is 1. The lowest BCUT2D eigenvalue weighted by Gasteiger charge is -2.09. The van der Waals surface area contributed by atoms with Crippen LogP contribution in [0.3, 0.4) is 0 Å². The summed E-state index contributed by atoms with van der Waals surface area (Å²) >= 11 is 12.2. The van der Waals surface area contributed by atoms with Crippen LogP contribution < -0.4 is 10.1 Å². The van der Waals surface area contributed by atoms with Crippen LogP contribution in [0.4, 0.5) is 5.69 Å². The van der Waals surface area contributed by atoms with Crippen molar-refractivity contribution in [3.05, 3.63) is 57.7 Å². The number of aromatic amines is 1. The number of halogens is 2. The second kappa shape index (κ2) is 6.75. The third-order valence-corrected chi connectivity index (χ3v) is 4.52. The average Bonchev–Trinajstić information content (AvgIpc) is 2.86. The number of carbonyl (C=O) groups excluding carboxylic acids is 1. The van der Waals surface area contributed by atoms with Crippen LogP contribution in [-0.4, -0.2) is 18.0 Å². The van der Waals surface area contributed by atoms with E-state index in [2.05, 4.69) is 10.3 Å². The van der Waals surface area contributed by atoms with E-state index < -0.39 is 0 Å². The second-order valence-corrected chi connectivity index (χ2v) is 6.28. The van der Waals surface area contributed by atoms with Gasteiger partial charge in [0.1, 0.15) is 5.75 Å². The number of aromatic nitrogens is 1. The van der Waals surface area contributed by atoms with Crippen LogP contribution >= 0.6 is 23.2 Å². The number of ether oxygens (including phenoxy) is 1. The molecule has 0 saturated carbocycles. The maximum absolute atomic E-state index is 12.5. The fourth-order valence-electron chi connectivity index (χ4n) is 2.68. The summed E-state index contributed by atoms with van der Waals surface area (Å²) in [6.07, 6.45) is 0.209. The van der Waals surface area contributed by atoms with Crippen LogP contribution in [0.25, 0.3) is 10.9 Å². The summed E-state index contributed by atoms with van der Waals surface area (Å²) in [4.78, 5) is 15.7. The van der Waals surface area contributed by atoms with Crippen molar-refractivity contribution in [1.82, 2.24) is 4.98 Å². The predicted molar refractivity (Wildman–Crippen MR) is 98.4 cm³/mol. The highest BCUT2D eigenvalue weighted by Gasteiger charge is 2.15. The summed E-state index contributed by atoms with van der Waals surface area (Å²) in [5.74, 6) is 0.564. The van der Waals surface area contributed by atoms with Crippen LogP contribution in [0.1, 0.15) is 11.3 Å². The molecule has 124 valence electrons. The molecule has 24 heavy (non-hydrogen) atoms. The standard InChI is InChI=1S/C18H16Cl2N2O2/c1-10-12(13-8-11(24-2)6-7-16(13)21-10)9-17(23)22-18-14(19)4-3-5-15(18)20/h3-8,21H,9H2,1-2H3,(H,22,23). The molecule has 1 heterocycles.